The highest BCUT2D eigenvalue weighted by atomic mass is 79.9. The van der Waals surface area contributed by atoms with Crippen molar-refractivity contribution in [2.24, 2.45) is 11.7 Å². The Morgan fingerprint density at radius 3 is 2.65 bits per heavy atom. The molecule has 0 saturated heterocycles. The van der Waals surface area contributed by atoms with Gasteiger partial charge in [-0.2, -0.15) is 0 Å². The van der Waals surface area contributed by atoms with Crippen molar-refractivity contribution in [3.8, 4) is 0 Å². The van der Waals surface area contributed by atoms with E-state index in [0.717, 1.165) is 16.6 Å². The minimum atomic E-state index is -0.186. The van der Waals surface area contributed by atoms with Crippen LogP contribution in [0.15, 0.2) is 38.4 Å². The lowest BCUT2D eigenvalue weighted by Gasteiger charge is -2.13. The van der Waals surface area contributed by atoms with Gasteiger partial charge in [-0.1, -0.05) is 60.1 Å². The van der Waals surface area contributed by atoms with Gasteiger partial charge in [0.25, 0.3) is 5.22 Å². The molecule has 0 aliphatic heterocycles. The summed E-state index contributed by atoms with van der Waals surface area (Å²) in [5.74, 6) is 1.66. The highest BCUT2D eigenvalue weighted by Gasteiger charge is 2.19. The first kappa shape index (κ1) is 15.5. The van der Waals surface area contributed by atoms with E-state index in [4.69, 9.17) is 10.2 Å². The van der Waals surface area contributed by atoms with Crippen LogP contribution in [0.4, 0.5) is 0 Å². The van der Waals surface area contributed by atoms with Gasteiger partial charge in [0, 0.05) is 10.2 Å². The molecule has 4 nitrogen and oxygen atoms in total. The van der Waals surface area contributed by atoms with Crippen LogP contribution in [-0.4, -0.2) is 10.2 Å². The third-order valence-corrected chi connectivity index (χ3v) is 4.66. The molecule has 0 aliphatic carbocycles. The number of halogens is 1. The zero-order valence-corrected chi connectivity index (χ0v) is 13.9. The molecule has 0 radical (unpaired) electrons. The van der Waals surface area contributed by atoms with Crippen LogP contribution in [0.25, 0.3) is 0 Å². The van der Waals surface area contributed by atoms with E-state index in [1.54, 1.807) is 0 Å². The SMILES string of the molecule is CC[C@@H](C)[C@H](N)c1nnc(SCc2ccc(Br)cc2)o1. The molecule has 0 spiro atoms. The summed E-state index contributed by atoms with van der Waals surface area (Å²) in [6.45, 7) is 4.19. The van der Waals surface area contributed by atoms with Crippen molar-refractivity contribution in [1.29, 1.82) is 0 Å². The van der Waals surface area contributed by atoms with Crippen molar-refractivity contribution in [3.63, 3.8) is 0 Å². The Hall–Kier alpha value is -0.850. The first-order valence-corrected chi connectivity index (χ1v) is 8.34. The zero-order valence-electron chi connectivity index (χ0n) is 11.5. The van der Waals surface area contributed by atoms with Gasteiger partial charge in [0.15, 0.2) is 0 Å². The maximum absolute atomic E-state index is 6.08. The summed E-state index contributed by atoms with van der Waals surface area (Å²) in [5, 5.41) is 8.66. The standard InChI is InChI=1S/C14H18BrN3OS/c1-3-9(2)12(16)13-17-18-14(19-13)20-8-10-4-6-11(15)7-5-10/h4-7,9,12H,3,8,16H2,1-2H3/t9-,12+/m1/s1. The smallest absolute Gasteiger partial charge is 0.276 e. The van der Waals surface area contributed by atoms with Crippen molar-refractivity contribution in [1.82, 2.24) is 10.2 Å². The highest BCUT2D eigenvalue weighted by molar-refractivity contribution is 9.10. The van der Waals surface area contributed by atoms with Gasteiger partial charge in [-0.05, 0) is 23.6 Å². The maximum Gasteiger partial charge on any atom is 0.276 e. The van der Waals surface area contributed by atoms with Crippen molar-refractivity contribution < 1.29 is 4.42 Å². The molecule has 0 unspecified atom stereocenters. The molecule has 2 N–H and O–H groups in total. The Labute approximate surface area is 131 Å². The molecule has 0 amide bonds. The summed E-state index contributed by atoms with van der Waals surface area (Å²) in [6, 6.07) is 8.00. The molecule has 0 fully saturated rings. The quantitative estimate of drug-likeness (QED) is 0.787. The van der Waals surface area contributed by atoms with Crippen molar-refractivity contribution in [3.05, 3.63) is 40.2 Å². The van der Waals surface area contributed by atoms with Crippen LogP contribution in [-0.2, 0) is 5.75 Å². The van der Waals surface area contributed by atoms with Gasteiger partial charge >= 0.3 is 0 Å². The number of thioether (sulfide) groups is 1. The molecule has 2 rings (SSSR count). The zero-order chi connectivity index (χ0) is 14.5. The summed E-state index contributed by atoms with van der Waals surface area (Å²) >= 11 is 4.95. The average molecular weight is 356 g/mol. The monoisotopic (exact) mass is 355 g/mol. The Bertz CT molecular complexity index is 544. The van der Waals surface area contributed by atoms with Crippen molar-refractivity contribution >= 4 is 27.7 Å². The molecule has 1 heterocycles. The Kier molecular flexibility index (Phi) is 5.63. The lowest BCUT2D eigenvalue weighted by Crippen LogP contribution is -2.18. The summed E-state index contributed by atoms with van der Waals surface area (Å²) in [5.41, 5.74) is 7.29. The minimum Gasteiger partial charge on any atom is -0.414 e. The van der Waals surface area contributed by atoms with Gasteiger partial charge in [0.05, 0.1) is 6.04 Å². The highest BCUT2D eigenvalue weighted by Crippen LogP contribution is 2.26. The van der Waals surface area contributed by atoms with Gasteiger partial charge in [-0.3, -0.25) is 0 Å². The number of nitrogens with zero attached hydrogens (tertiary/aromatic N) is 2. The predicted octanol–water partition coefficient (Wildman–Crippen LogP) is 4.17. The van der Waals surface area contributed by atoms with Crippen LogP contribution in [0.3, 0.4) is 0 Å². The van der Waals surface area contributed by atoms with E-state index in [2.05, 4.69) is 52.1 Å². The summed E-state index contributed by atoms with van der Waals surface area (Å²) < 4.78 is 6.70. The molecular formula is C14H18BrN3OS. The Morgan fingerprint density at radius 2 is 2.00 bits per heavy atom. The normalized spacial score (nSPS) is 14.2. The number of hydrogen-bond donors (Lipinski definition) is 1. The number of benzene rings is 1. The maximum atomic E-state index is 6.08. The first-order chi connectivity index (χ1) is 9.60. The number of rotatable bonds is 6. The molecular weight excluding hydrogens is 338 g/mol. The third-order valence-electron chi connectivity index (χ3n) is 3.24. The van der Waals surface area contributed by atoms with E-state index >= 15 is 0 Å². The van der Waals surface area contributed by atoms with E-state index in [-0.39, 0.29) is 6.04 Å². The minimum absolute atomic E-state index is 0.186. The lowest BCUT2D eigenvalue weighted by atomic mass is 10.0. The second-order valence-corrected chi connectivity index (χ2v) is 6.57. The van der Waals surface area contributed by atoms with Gasteiger partial charge in [0.2, 0.25) is 5.89 Å². The number of nitrogens with two attached hydrogens (primary N) is 1. The Morgan fingerprint density at radius 1 is 1.30 bits per heavy atom. The molecule has 2 aromatic rings. The molecule has 1 aromatic carbocycles. The van der Waals surface area contributed by atoms with Crippen LogP contribution in [0, 0.1) is 5.92 Å². The fourth-order valence-corrected chi connectivity index (χ4v) is 2.63. The van der Waals surface area contributed by atoms with Gasteiger partial charge in [-0.15, -0.1) is 10.2 Å². The van der Waals surface area contributed by atoms with E-state index in [1.807, 2.05) is 12.1 Å². The van der Waals surface area contributed by atoms with Crippen LogP contribution in [0.2, 0.25) is 0 Å². The van der Waals surface area contributed by atoms with Crippen LogP contribution < -0.4 is 5.73 Å². The van der Waals surface area contributed by atoms with E-state index in [0.29, 0.717) is 17.0 Å². The van der Waals surface area contributed by atoms with E-state index in [1.165, 1.54) is 17.3 Å². The van der Waals surface area contributed by atoms with E-state index in [9.17, 15) is 0 Å². The second-order valence-electron chi connectivity index (χ2n) is 4.73. The van der Waals surface area contributed by atoms with E-state index < -0.39 is 0 Å². The fourth-order valence-electron chi connectivity index (χ4n) is 1.64. The molecule has 0 saturated carbocycles. The fraction of sp³-hybridized carbons (Fsp3) is 0.429. The molecule has 20 heavy (non-hydrogen) atoms. The molecule has 1 aromatic heterocycles. The Balaban J connectivity index is 1.94. The average Bonchev–Trinajstić information content (AvgIpc) is 2.94. The molecule has 6 heteroatoms. The second kappa shape index (κ2) is 7.24. The van der Waals surface area contributed by atoms with Crippen molar-refractivity contribution in [2.75, 3.05) is 0 Å². The molecule has 0 bridgehead atoms. The molecule has 108 valence electrons. The van der Waals surface area contributed by atoms with Crippen molar-refractivity contribution in [2.45, 2.75) is 37.3 Å². The predicted molar refractivity (Wildman–Crippen MR) is 84.4 cm³/mol. The van der Waals surface area contributed by atoms with Gasteiger partial charge in [0.1, 0.15) is 0 Å². The molecule has 0 aliphatic rings. The number of hydrogen-bond acceptors (Lipinski definition) is 5. The largest absolute Gasteiger partial charge is 0.414 e. The lowest BCUT2D eigenvalue weighted by molar-refractivity contribution is 0.333. The summed E-state index contributed by atoms with van der Waals surface area (Å²) in [6.07, 6.45) is 0.991. The van der Waals surface area contributed by atoms with Crippen LogP contribution in [0.5, 0.6) is 0 Å². The first-order valence-electron chi connectivity index (χ1n) is 6.56. The van der Waals surface area contributed by atoms with Gasteiger partial charge < -0.3 is 10.2 Å². The van der Waals surface area contributed by atoms with Crippen LogP contribution >= 0.6 is 27.7 Å². The third kappa shape index (κ3) is 4.07. The summed E-state index contributed by atoms with van der Waals surface area (Å²) in [7, 11) is 0. The summed E-state index contributed by atoms with van der Waals surface area (Å²) in [4.78, 5) is 0. The topological polar surface area (TPSA) is 64.9 Å². The van der Waals surface area contributed by atoms with Crippen LogP contribution in [0.1, 0.15) is 37.8 Å². The number of aromatic nitrogens is 2. The van der Waals surface area contributed by atoms with Gasteiger partial charge in [-0.25, -0.2) is 0 Å². The molecule has 2 atom stereocenters.